The lowest BCUT2D eigenvalue weighted by Crippen LogP contribution is -2.13. The Balaban J connectivity index is 1.70. The predicted molar refractivity (Wildman–Crippen MR) is 98.3 cm³/mol. The van der Waals surface area contributed by atoms with E-state index in [-0.39, 0.29) is 17.0 Å². The summed E-state index contributed by atoms with van der Waals surface area (Å²) >= 11 is 0. The van der Waals surface area contributed by atoms with Crippen molar-refractivity contribution in [2.24, 2.45) is 0 Å². The van der Waals surface area contributed by atoms with E-state index in [4.69, 9.17) is 0 Å². The Labute approximate surface area is 154 Å². The summed E-state index contributed by atoms with van der Waals surface area (Å²) in [5.74, 6) is -1.73. The van der Waals surface area contributed by atoms with Crippen LogP contribution in [0.3, 0.4) is 0 Å². The van der Waals surface area contributed by atoms with Gasteiger partial charge in [-0.1, -0.05) is 12.1 Å². The highest BCUT2D eigenvalue weighted by Gasteiger charge is 2.11. The van der Waals surface area contributed by atoms with Crippen LogP contribution in [0.5, 0.6) is 0 Å². The lowest BCUT2D eigenvalue weighted by molar-refractivity contribution is 0.101. The third-order valence-corrected chi connectivity index (χ3v) is 3.75. The number of Topliss-reactive ketones (excluding diaryl/α,β-unsaturated/α-hetero) is 1. The zero-order chi connectivity index (χ0) is 19.4. The Kier molecular flexibility index (Phi) is 5.21. The normalized spacial score (nSPS) is 10.3. The molecule has 3 rings (SSSR count). The zero-order valence-corrected chi connectivity index (χ0v) is 14.3. The van der Waals surface area contributed by atoms with Gasteiger partial charge in [0.1, 0.15) is 17.5 Å². The SMILES string of the molecule is CC(=O)c1cccc(Nc2ccc(C(=O)Nc3ccc(F)cc3F)cn2)c1. The summed E-state index contributed by atoms with van der Waals surface area (Å²) in [6.07, 6.45) is 1.33. The number of benzene rings is 2. The fourth-order valence-corrected chi connectivity index (χ4v) is 2.35. The number of ketones is 1. The third kappa shape index (κ3) is 4.52. The standard InChI is InChI=1S/C20H15F2N3O2/c1-12(26)13-3-2-4-16(9-13)24-19-8-5-14(11-23-19)20(27)25-18-7-6-15(21)10-17(18)22/h2-11H,1H3,(H,23,24)(H,25,27). The van der Waals surface area contributed by atoms with Crippen molar-refractivity contribution in [2.75, 3.05) is 10.6 Å². The monoisotopic (exact) mass is 367 g/mol. The summed E-state index contributed by atoms with van der Waals surface area (Å²) in [4.78, 5) is 27.7. The molecular weight excluding hydrogens is 352 g/mol. The molecule has 0 fully saturated rings. The highest BCUT2D eigenvalue weighted by atomic mass is 19.1. The molecule has 0 spiro atoms. The van der Waals surface area contributed by atoms with E-state index in [9.17, 15) is 18.4 Å². The molecule has 0 atom stereocenters. The van der Waals surface area contributed by atoms with E-state index in [2.05, 4.69) is 15.6 Å². The molecule has 5 nitrogen and oxygen atoms in total. The van der Waals surface area contributed by atoms with Crippen LogP contribution in [0.1, 0.15) is 27.6 Å². The van der Waals surface area contributed by atoms with Gasteiger partial charge in [0.15, 0.2) is 5.78 Å². The van der Waals surface area contributed by atoms with E-state index in [1.165, 1.54) is 19.2 Å². The largest absolute Gasteiger partial charge is 0.340 e. The van der Waals surface area contributed by atoms with Crippen LogP contribution in [-0.4, -0.2) is 16.7 Å². The Morgan fingerprint density at radius 1 is 0.963 bits per heavy atom. The molecule has 0 aliphatic rings. The summed E-state index contributed by atoms with van der Waals surface area (Å²) < 4.78 is 26.5. The Morgan fingerprint density at radius 2 is 1.78 bits per heavy atom. The van der Waals surface area contributed by atoms with Crippen molar-refractivity contribution < 1.29 is 18.4 Å². The summed E-state index contributed by atoms with van der Waals surface area (Å²) in [6.45, 7) is 1.48. The first-order valence-electron chi connectivity index (χ1n) is 8.03. The Hall–Kier alpha value is -3.61. The summed E-state index contributed by atoms with van der Waals surface area (Å²) in [5, 5.41) is 5.40. The van der Waals surface area contributed by atoms with Gasteiger partial charge >= 0.3 is 0 Å². The maximum atomic E-state index is 13.6. The molecule has 0 radical (unpaired) electrons. The van der Waals surface area contributed by atoms with E-state index >= 15 is 0 Å². The smallest absolute Gasteiger partial charge is 0.257 e. The molecule has 1 amide bonds. The first-order valence-corrected chi connectivity index (χ1v) is 8.03. The molecule has 2 aromatic carbocycles. The van der Waals surface area contributed by atoms with Crippen molar-refractivity contribution in [1.29, 1.82) is 0 Å². The van der Waals surface area contributed by atoms with Gasteiger partial charge in [-0.15, -0.1) is 0 Å². The van der Waals surface area contributed by atoms with Gasteiger partial charge in [-0.2, -0.15) is 0 Å². The molecule has 0 aliphatic carbocycles. The molecular formula is C20H15F2N3O2. The second-order valence-corrected chi connectivity index (χ2v) is 5.77. The number of carbonyl (C=O) groups is 2. The third-order valence-electron chi connectivity index (χ3n) is 3.75. The number of nitrogens with zero attached hydrogens (tertiary/aromatic N) is 1. The van der Waals surface area contributed by atoms with Crippen LogP contribution in [-0.2, 0) is 0 Å². The number of anilines is 3. The molecule has 136 valence electrons. The number of amides is 1. The maximum Gasteiger partial charge on any atom is 0.257 e. The van der Waals surface area contributed by atoms with Crippen molar-refractivity contribution in [1.82, 2.24) is 4.98 Å². The summed E-state index contributed by atoms with van der Waals surface area (Å²) in [7, 11) is 0. The van der Waals surface area contributed by atoms with Gasteiger partial charge in [-0.3, -0.25) is 9.59 Å². The number of pyridine rings is 1. The van der Waals surface area contributed by atoms with Crippen molar-refractivity contribution in [2.45, 2.75) is 6.92 Å². The van der Waals surface area contributed by atoms with Crippen LogP contribution < -0.4 is 10.6 Å². The van der Waals surface area contributed by atoms with E-state index in [0.717, 1.165) is 12.1 Å². The molecule has 3 aromatic rings. The molecule has 0 saturated heterocycles. The van der Waals surface area contributed by atoms with Gasteiger partial charge in [0.25, 0.3) is 5.91 Å². The lowest BCUT2D eigenvalue weighted by atomic mass is 10.1. The van der Waals surface area contributed by atoms with Gasteiger partial charge in [0.05, 0.1) is 11.3 Å². The number of hydrogen-bond acceptors (Lipinski definition) is 4. The van der Waals surface area contributed by atoms with E-state index in [0.29, 0.717) is 23.1 Å². The molecule has 0 unspecified atom stereocenters. The van der Waals surface area contributed by atoms with Crippen LogP contribution in [0.4, 0.5) is 26.0 Å². The van der Waals surface area contributed by atoms with Gasteiger partial charge in [-0.05, 0) is 43.3 Å². The zero-order valence-electron chi connectivity index (χ0n) is 14.3. The molecule has 0 saturated carbocycles. The van der Waals surface area contributed by atoms with Crippen molar-refractivity contribution in [3.8, 4) is 0 Å². The van der Waals surface area contributed by atoms with Crippen LogP contribution in [0.2, 0.25) is 0 Å². The van der Waals surface area contributed by atoms with Gasteiger partial charge < -0.3 is 10.6 Å². The molecule has 2 N–H and O–H groups in total. The Bertz CT molecular complexity index is 1000. The molecule has 0 aliphatic heterocycles. The van der Waals surface area contributed by atoms with Gasteiger partial charge in [-0.25, -0.2) is 13.8 Å². The number of halogens is 2. The second kappa shape index (κ2) is 7.74. The van der Waals surface area contributed by atoms with Crippen LogP contribution in [0.15, 0.2) is 60.8 Å². The average Bonchev–Trinajstić information content (AvgIpc) is 2.65. The number of rotatable bonds is 5. The highest BCUT2D eigenvalue weighted by molar-refractivity contribution is 6.04. The van der Waals surface area contributed by atoms with Crippen molar-refractivity contribution >= 4 is 28.9 Å². The van der Waals surface area contributed by atoms with E-state index in [1.54, 1.807) is 30.3 Å². The first kappa shape index (κ1) is 18.2. The Morgan fingerprint density at radius 3 is 2.44 bits per heavy atom. The molecule has 27 heavy (non-hydrogen) atoms. The minimum Gasteiger partial charge on any atom is -0.340 e. The minimum absolute atomic E-state index is 0.0494. The fraction of sp³-hybridized carbons (Fsp3) is 0.0500. The average molecular weight is 367 g/mol. The number of aromatic nitrogens is 1. The molecule has 7 heteroatoms. The van der Waals surface area contributed by atoms with Crippen LogP contribution >= 0.6 is 0 Å². The molecule has 0 bridgehead atoms. The van der Waals surface area contributed by atoms with Crippen LogP contribution in [0.25, 0.3) is 0 Å². The highest BCUT2D eigenvalue weighted by Crippen LogP contribution is 2.18. The molecule has 1 heterocycles. The van der Waals surface area contributed by atoms with E-state index in [1.807, 2.05) is 0 Å². The topological polar surface area (TPSA) is 71.1 Å². The van der Waals surface area contributed by atoms with E-state index < -0.39 is 17.5 Å². The lowest BCUT2D eigenvalue weighted by Gasteiger charge is -2.09. The van der Waals surface area contributed by atoms with Gasteiger partial charge in [0.2, 0.25) is 0 Å². The second-order valence-electron chi connectivity index (χ2n) is 5.77. The summed E-state index contributed by atoms with van der Waals surface area (Å²) in [5.41, 5.74) is 1.34. The number of carbonyl (C=O) groups excluding carboxylic acids is 2. The van der Waals surface area contributed by atoms with Crippen molar-refractivity contribution in [3.05, 3.63) is 83.6 Å². The molecule has 1 aromatic heterocycles. The fourth-order valence-electron chi connectivity index (χ4n) is 2.35. The number of hydrogen-bond donors (Lipinski definition) is 2. The van der Waals surface area contributed by atoms with Crippen LogP contribution in [0, 0.1) is 11.6 Å². The predicted octanol–water partition coefficient (Wildman–Crippen LogP) is 4.56. The van der Waals surface area contributed by atoms with Gasteiger partial charge in [0, 0.05) is 23.5 Å². The minimum atomic E-state index is -0.861. The summed E-state index contributed by atoms with van der Waals surface area (Å²) in [6, 6.07) is 12.9. The first-order chi connectivity index (χ1) is 12.9. The maximum absolute atomic E-state index is 13.6. The van der Waals surface area contributed by atoms with Crippen molar-refractivity contribution in [3.63, 3.8) is 0 Å². The quantitative estimate of drug-likeness (QED) is 0.649. The number of nitrogens with one attached hydrogen (secondary N) is 2.